The molecule has 1 N–H and O–H groups in total. The van der Waals surface area contributed by atoms with Gasteiger partial charge in [0, 0.05) is 10.7 Å². The molecule has 0 aliphatic rings. The van der Waals surface area contributed by atoms with Gasteiger partial charge in [-0.2, -0.15) is 5.26 Å². The first-order valence-corrected chi connectivity index (χ1v) is 14.3. The van der Waals surface area contributed by atoms with E-state index < -0.39 is 5.91 Å². The molecule has 0 aliphatic carbocycles. The Morgan fingerprint density at radius 2 is 1.59 bits per heavy atom. The van der Waals surface area contributed by atoms with Crippen LogP contribution in [0.5, 0.6) is 17.2 Å². The smallest absolute Gasteiger partial charge is 0.266 e. The zero-order valence-electron chi connectivity index (χ0n) is 21.6. The van der Waals surface area contributed by atoms with Crippen molar-refractivity contribution >= 4 is 75.1 Å². The lowest BCUT2D eigenvalue weighted by Gasteiger charge is -2.14. The van der Waals surface area contributed by atoms with Gasteiger partial charge < -0.3 is 19.5 Å². The molecule has 0 heterocycles. The van der Waals surface area contributed by atoms with Crippen molar-refractivity contribution in [1.29, 1.82) is 5.26 Å². The highest BCUT2D eigenvalue weighted by molar-refractivity contribution is 14.1. The normalized spacial score (nSPS) is 11.0. The van der Waals surface area contributed by atoms with Gasteiger partial charge in [0.15, 0.2) is 11.5 Å². The standard InChI is InChI=1S/C31H22Cl3IN2O4/c1-39-29-15-21(14-28(35)30(29)41-18-20-4-11-26(33)27(34)13-20)12-22(16-36)31(38)37-24-7-9-25(10-8-24)40-17-19-2-5-23(32)6-3-19/h2-15H,17-18H2,1H3,(H,37,38)/b22-12+. The van der Waals surface area contributed by atoms with Crippen molar-refractivity contribution in [2.75, 3.05) is 12.4 Å². The monoisotopic (exact) mass is 718 g/mol. The Morgan fingerprint density at radius 1 is 0.902 bits per heavy atom. The molecule has 0 aliphatic heterocycles. The molecule has 4 aromatic carbocycles. The van der Waals surface area contributed by atoms with E-state index in [-0.39, 0.29) is 12.2 Å². The van der Waals surface area contributed by atoms with E-state index in [1.165, 1.54) is 13.2 Å². The molecular formula is C31H22Cl3IN2O4. The molecule has 10 heteroatoms. The molecule has 4 aromatic rings. The highest BCUT2D eigenvalue weighted by Gasteiger charge is 2.15. The Bertz CT molecular complexity index is 1620. The molecule has 0 saturated carbocycles. The van der Waals surface area contributed by atoms with E-state index in [1.807, 2.05) is 24.3 Å². The minimum Gasteiger partial charge on any atom is -0.493 e. The van der Waals surface area contributed by atoms with E-state index in [9.17, 15) is 10.1 Å². The van der Waals surface area contributed by atoms with E-state index in [0.29, 0.717) is 50.2 Å². The summed E-state index contributed by atoms with van der Waals surface area (Å²) in [5, 5.41) is 14.0. The molecule has 0 radical (unpaired) electrons. The Hall–Kier alpha value is -3.42. The molecule has 0 aromatic heterocycles. The van der Waals surface area contributed by atoms with Gasteiger partial charge in [-0.1, -0.05) is 53.0 Å². The summed E-state index contributed by atoms with van der Waals surface area (Å²) in [5.41, 5.74) is 2.87. The number of nitrogens with zero attached hydrogens (tertiary/aromatic N) is 1. The fourth-order valence-electron chi connectivity index (χ4n) is 3.64. The number of methoxy groups -OCH3 is 1. The number of nitrogens with one attached hydrogen (secondary N) is 1. The molecule has 4 rings (SSSR count). The van der Waals surface area contributed by atoms with Crippen LogP contribution in [0.1, 0.15) is 16.7 Å². The Balaban J connectivity index is 1.41. The number of ether oxygens (including phenoxy) is 3. The van der Waals surface area contributed by atoms with Crippen LogP contribution in [-0.2, 0) is 18.0 Å². The molecule has 0 atom stereocenters. The highest BCUT2D eigenvalue weighted by atomic mass is 127. The van der Waals surface area contributed by atoms with E-state index in [0.717, 1.165) is 14.7 Å². The van der Waals surface area contributed by atoms with Crippen LogP contribution < -0.4 is 19.5 Å². The first kappa shape index (κ1) is 30.5. The fraction of sp³-hybridized carbons (Fsp3) is 0.0968. The number of hydrogen-bond donors (Lipinski definition) is 1. The largest absolute Gasteiger partial charge is 0.493 e. The van der Waals surface area contributed by atoms with Crippen molar-refractivity contribution in [2.45, 2.75) is 13.2 Å². The zero-order chi connectivity index (χ0) is 29.4. The number of amides is 1. The quantitative estimate of drug-likeness (QED) is 0.101. The van der Waals surface area contributed by atoms with Gasteiger partial charge in [-0.3, -0.25) is 4.79 Å². The van der Waals surface area contributed by atoms with Crippen LogP contribution in [-0.4, -0.2) is 13.0 Å². The molecule has 208 valence electrons. The molecule has 1 amide bonds. The molecule has 41 heavy (non-hydrogen) atoms. The number of carbonyl (C=O) groups is 1. The first-order chi connectivity index (χ1) is 19.7. The van der Waals surface area contributed by atoms with Gasteiger partial charge in [0.2, 0.25) is 0 Å². The minimum atomic E-state index is -0.545. The summed E-state index contributed by atoms with van der Waals surface area (Å²) in [6.07, 6.45) is 1.49. The Morgan fingerprint density at radius 3 is 2.24 bits per heavy atom. The van der Waals surface area contributed by atoms with Crippen molar-refractivity contribution < 1.29 is 19.0 Å². The number of halogens is 4. The Labute approximate surface area is 266 Å². The maximum Gasteiger partial charge on any atom is 0.266 e. The second-order valence-corrected chi connectivity index (χ2v) is 11.0. The first-order valence-electron chi connectivity index (χ1n) is 12.1. The average Bonchev–Trinajstić information content (AvgIpc) is 2.97. The second-order valence-electron chi connectivity index (χ2n) is 8.63. The summed E-state index contributed by atoms with van der Waals surface area (Å²) >= 11 is 20.1. The molecule has 6 nitrogen and oxygen atoms in total. The molecular weight excluding hydrogens is 698 g/mol. The van der Waals surface area contributed by atoms with Gasteiger partial charge in [-0.15, -0.1) is 0 Å². The topological polar surface area (TPSA) is 80.6 Å². The number of hydrogen-bond acceptors (Lipinski definition) is 5. The van der Waals surface area contributed by atoms with Gasteiger partial charge in [-0.05, 0) is 106 Å². The van der Waals surface area contributed by atoms with Crippen LogP contribution in [0.25, 0.3) is 6.08 Å². The van der Waals surface area contributed by atoms with E-state index in [2.05, 4.69) is 27.9 Å². The third kappa shape index (κ3) is 8.54. The number of rotatable bonds is 10. The molecule has 0 spiro atoms. The lowest BCUT2D eigenvalue weighted by atomic mass is 10.1. The summed E-state index contributed by atoms with van der Waals surface area (Å²) in [4.78, 5) is 12.9. The van der Waals surface area contributed by atoms with Gasteiger partial charge in [-0.25, -0.2) is 0 Å². The summed E-state index contributed by atoms with van der Waals surface area (Å²) in [6.45, 7) is 0.626. The Kier molecular flexibility index (Phi) is 10.8. The van der Waals surface area contributed by atoms with Crippen LogP contribution in [0, 0.1) is 14.9 Å². The predicted molar refractivity (Wildman–Crippen MR) is 171 cm³/mol. The summed E-state index contributed by atoms with van der Waals surface area (Å²) in [7, 11) is 1.52. The number of nitriles is 1. The van der Waals surface area contributed by atoms with Crippen molar-refractivity contribution in [3.63, 3.8) is 0 Å². The van der Waals surface area contributed by atoms with Gasteiger partial charge >= 0.3 is 0 Å². The SMILES string of the molecule is COc1cc(/C=C(\C#N)C(=O)Nc2ccc(OCc3ccc(Cl)cc3)cc2)cc(I)c1OCc1ccc(Cl)c(Cl)c1. The van der Waals surface area contributed by atoms with Crippen molar-refractivity contribution in [2.24, 2.45) is 0 Å². The van der Waals surface area contributed by atoms with E-state index in [4.69, 9.17) is 49.0 Å². The van der Waals surface area contributed by atoms with Crippen LogP contribution in [0.15, 0.2) is 84.4 Å². The molecule has 0 unspecified atom stereocenters. The van der Waals surface area contributed by atoms with Crippen LogP contribution in [0.2, 0.25) is 15.1 Å². The fourth-order valence-corrected chi connectivity index (χ4v) is 4.87. The van der Waals surface area contributed by atoms with Crippen molar-refractivity contribution in [1.82, 2.24) is 0 Å². The van der Waals surface area contributed by atoms with Gasteiger partial charge in [0.1, 0.15) is 30.6 Å². The number of benzene rings is 4. The third-order valence-electron chi connectivity index (χ3n) is 5.73. The molecule has 0 bridgehead atoms. The second kappa shape index (κ2) is 14.5. The molecule has 0 fully saturated rings. The van der Waals surface area contributed by atoms with Crippen LogP contribution in [0.3, 0.4) is 0 Å². The van der Waals surface area contributed by atoms with E-state index >= 15 is 0 Å². The lowest BCUT2D eigenvalue weighted by Crippen LogP contribution is -2.13. The van der Waals surface area contributed by atoms with Gasteiger partial charge in [0.25, 0.3) is 5.91 Å². The predicted octanol–water partition coefficient (Wildman–Crippen LogP) is 8.96. The number of carbonyl (C=O) groups excluding carboxylic acids is 1. The summed E-state index contributed by atoms with van der Waals surface area (Å²) < 4.78 is 18.0. The minimum absolute atomic E-state index is 0.0737. The third-order valence-corrected chi connectivity index (χ3v) is 7.52. The average molecular weight is 720 g/mol. The maximum absolute atomic E-state index is 12.9. The summed E-state index contributed by atoms with van der Waals surface area (Å²) in [5.74, 6) is 1.07. The van der Waals surface area contributed by atoms with Crippen molar-refractivity contribution in [3.05, 3.63) is 120 Å². The van der Waals surface area contributed by atoms with Crippen LogP contribution in [0.4, 0.5) is 5.69 Å². The highest BCUT2D eigenvalue weighted by Crippen LogP contribution is 2.35. The zero-order valence-corrected chi connectivity index (χ0v) is 26.0. The summed E-state index contributed by atoms with van der Waals surface area (Å²) in [6, 6.07) is 25.0. The van der Waals surface area contributed by atoms with Gasteiger partial charge in [0.05, 0.1) is 20.7 Å². The molecule has 0 saturated heterocycles. The van der Waals surface area contributed by atoms with Crippen LogP contribution >= 0.6 is 57.4 Å². The number of anilines is 1. The van der Waals surface area contributed by atoms with Crippen molar-refractivity contribution in [3.8, 4) is 23.3 Å². The van der Waals surface area contributed by atoms with E-state index in [1.54, 1.807) is 60.7 Å². The lowest BCUT2D eigenvalue weighted by molar-refractivity contribution is -0.112. The maximum atomic E-state index is 12.9.